The van der Waals surface area contributed by atoms with E-state index in [2.05, 4.69) is 17.9 Å². The molecule has 2 nitrogen and oxygen atoms in total. The fraction of sp³-hybridized carbons (Fsp3) is 0.667. The number of alkyl halides is 1. The maximum absolute atomic E-state index is 13.7. The molecule has 0 aliphatic carbocycles. The van der Waals surface area contributed by atoms with Crippen LogP contribution < -0.4 is 4.72 Å². The summed E-state index contributed by atoms with van der Waals surface area (Å²) in [5.41, 5.74) is 0. The lowest BCUT2D eigenvalue weighted by Crippen LogP contribution is -2.44. The van der Waals surface area contributed by atoms with Gasteiger partial charge in [0.05, 0.1) is 21.8 Å². The van der Waals surface area contributed by atoms with Crippen molar-refractivity contribution < 1.29 is 8.60 Å². The second kappa shape index (κ2) is 6.97. The zero-order chi connectivity index (χ0) is 12.8. The van der Waals surface area contributed by atoms with Gasteiger partial charge in [-0.25, -0.2) is 13.3 Å². The third-order valence-electron chi connectivity index (χ3n) is 2.06. The molecule has 0 unspecified atom stereocenters. The van der Waals surface area contributed by atoms with Gasteiger partial charge in [-0.1, -0.05) is 12.2 Å². The van der Waals surface area contributed by atoms with Gasteiger partial charge in [0.2, 0.25) is 0 Å². The van der Waals surface area contributed by atoms with Crippen LogP contribution in [0.1, 0.15) is 33.6 Å². The quantitative estimate of drug-likeness (QED) is 0.689. The monoisotopic (exact) mass is 247 g/mol. The summed E-state index contributed by atoms with van der Waals surface area (Å²) < 4.78 is 27.9. The molecule has 94 valence electrons. The van der Waals surface area contributed by atoms with Crippen molar-refractivity contribution in [3.63, 3.8) is 0 Å². The van der Waals surface area contributed by atoms with Gasteiger partial charge >= 0.3 is 0 Å². The molecule has 3 atom stereocenters. The van der Waals surface area contributed by atoms with Crippen molar-refractivity contribution in [2.75, 3.05) is 0 Å². The van der Waals surface area contributed by atoms with Crippen LogP contribution in [0.15, 0.2) is 25.3 Å². The molecule has 0 bridgehead atoms. The molecule has 0 aromatic rings. The number of allylic oxidation sites excluding steroid dienone is 1. The fourth-order valence-electron chi connectivity index (χ4n) is 1.09. The van der Waals surface area contributed by atoms with Gasteiger partial charge in [-0.05, 0) is 33.6 Å². The van der Waals surface area contributed by atoms with Gasteiger partial charge in [-0.15, -0.1) is 13.2 Å². The Morgan fingerprint density at radius 1 is 1.31 bits per heavy atom. The SMILES string of the molecule is C=CC[C@@H](F)[C@H](CC=C)N[S@](=O)C(C)(C)C. The van der Waals surface area contributed by atoms with E-state index in [1.807, 2.05) is 20.8 Å². The summed E-state index contributed by atoms with van der Waals surface area (Å²) >= 11 is 0. The van der Waals surface area contributed by atoms with Crippen LogP contribution >= 0.6 is 0 Å². The Kier molecular flexibility index (Phi) is 6.76. The minimum atomic E-state index is -1.27. The molecule has 4 heteroatoms. The molecule has 1 N–H and O–H groups in total. The summed E-state index contributed by atoms with van der Waals surface area (Å²) in [4.78, 5) is 0. The number of hydrogen-bond donors (Lipinski definition) is 1. The Morgan fingerprint density at radius 2 is 1.81 bits per heavy atom. The van der Waals surface area contributed by atoms with Crippen molar-refractivity contribution in [3.8, 4) is 0 Å². The Bertz CT molecular complexity index is 260. The van der Waals surface area contributed by atoms with Gasteiger partial charge in [0.25, 0.3) is 0 Å². The van der Waals surface area contributed by atoms with E-state index in [4.69, 9.17) is 0 Å². The molecule has 0 saturated heterocycles. The van der Waals surface area contributed by atoms with E-state index in [0.29, 0.717) is 6.42 Å². The molecule has 0 aliphatic heterocycles. The van der Waals surface area contributed by atoms with E-state index in [-0.39, 0.29) is 6.42 Å². The van der Waals surface area contributed by atoms with Gasteiger partial charge in [-0.2, -0.15) is 0 Å². The molecular weight excluding hydrogens is 225 g/mol. The highest BCUT2D eigenvalue weighted by Crippen LogP contribution is 2.14. The standard InChI is InChI=1S/C12H22FNOS/c1-6-8-10(13)11(9-7-2)14-16(15)12(3,4)5/h6-7,10-11,14H,1-2,8-9H2,3-5H3/t10-,11+,16-/m1/s1. The third-order valence-corrected chi connectivity index (χ3v) is 3.69. The maximum atomic E-state index is 13.7. The second-order valence-electron chi connectivity index (χ2n) is 4.67. The summed E-state index contributed by atoms with van der Waals surface area (Å²) in [6.45, 7) is 12.6. The minimum absolute atomic E-state index is 0.257. The smallest absolute Gasteiger partial charge is 0.120 e. The van der Waals surface area contributed by atoms with Crippen LogP contribution in [0.4, 0.5) is 4.39 Å². The predicted octanol–water partition coefficient (Wildman–Crippen LogP) is 2.90. The highest BCUT2D eigenvalue weighted by Gasteiger charge is 2.26. The molecule has 0 fully saturated rings. The van der Waals surface area contributed by atoms with E-state index in [0.717, 1.165) is 0 Å². The van der Waals surface area contributed by atoms with Crippen LogP contribution in [0.25, 0.3) is 0 Å². The second-order valence-corrected chi connectivity index (χ2v) is 6.67. The molecule has 0 aromatic heterocycles. The van der Waals surface area contributed by atoms with E-state index >= 15 is 0 Å². The Balaban J connectivity index is 4.49. The summed E-state index contributed by atoms with van der Waals surface area (Å²) in [5, 5.41) is 0. The van der Waals surface area contributed by atoms with Crippen LogP contribution in [0, 0.1) is 0 Å². The van der Waals surface area contributed by atoms with E-state index in [1.54, 1.807) is 6.08 Å². The van der Waals surface area contributed by atoms with Gasteiger partial charge in [0.1, 0.15) is 6.17 Å². The lowest BCUT2D eigenvalue weighted by molar-refractivity contribution is 0.272. The zero-order valence-electron chi connectivity index (χ0n) is 10.3. The first-order valence-corrected chi connectivity index (χ1v) is 6.51. The number of rotatable bonds is 7. The molecule has 16 heavy (non-hydrogen) atoms. The van der Waals surface area contributed by atoms with Crippen molar-refractivity contribution in [2.24, 2.45) is 0 Å². The van der Waals surface area contributed by atoms with Crippen LogP contribution in [0.3, 0.4) is 0 Å². The molecule has 0 aromatic carbocycles. The third kappa shape index (κ3) is 5.56. The van der Waals surface area contributed by atoms with Gasteiger partial charge in [0, 0.05) is 0 Å². The van der Waals surface area contributed by atoms with Crippen LogP contribution in [-0.4, -0.2) is 21.2 Å². The number of nitrogens with one attached hydrogen (secondary N) is 1. The molecule has 0 amide bonds. The summed E-state index contributed by atoms with van der Waals surface area (Å²) in [6.07, 6.45) is 2.79. The number of hydrogen-bond acceptors (Lipinski definition) is 1. The average Bonchev–Trinajstić information content (AvgIpc) is 2.15. The van der Waals surface area contributed by atoms with Crippen LogP contribution in [0.2, 0.25) is 0 Å². The topological polar surface area (TPSA) is 29.1 Å². The first-order chi connectivity index (χ1) is 7.32. The minimum Gasteiger partial charge on any atom is -0.245 e. The fourth-order valence-corrected chi connectivity index (χ4v) is 1.96. The van der Waals surface area contributed by atoms with E-state index < -0.39 is 27.9 Å². The first kappa shape index (κ1) is 15.5. The Hall–Kier alpha value is -0.480. The van der Waals surface area contributed by atoms with Crippen LogP contribution in [-0.2, 0) is 11.0 Å². The summed E-state index contributed by atoms with van der Waals surface area (Å²) in [6, 6.07) is -0.462. The Labute approximate surface area is 101 Å². The first-order valence-electron chi connectivity index (χ1n) is 5.36. The van der Waals surface area contributed by atoms with Crippen molar-refractivity contribution in [3.05, 3.63) is 25.3 Å². The maximum Gasteiger partial charge on any atom is 0.120 e. The summed E-state index contributed by atoms with van der Waals surface area (Å²) in [5.74, 6) is 0. The van der Waals surface area contributed by atoms with Crippen molar-refractivity contribution in [1.29, 1.82) is 0 Å². The van der Waals surface area contributed by atoms with Gasteiger partial charge < -0.3 is 0 Å². The average molecular weight is 247 g/mol. The molecule has 0 radical (unpaired) electrons. The molecule has 0 saturated carbocycles. The largest absolute Gasteiger partial charge is 0.245 e. The van der Waals surface area contributed by atoms with Crippen molar-refractivity contribution in [1.82, 2.24) is 4.72 Å². The summed E-state index contributed by atoms with van der Waals surface area (Å²) in [7, 11) is -1.27. The molecule has 0 heterocycles. The highest BCUT2D eigenvalue weighted by atomic mass is 32.2. The lowest BCUT2D eigenvalue weighted by Gasteiger charge is -2.25. The van der Waals surface area contributed by atoms with Crippen LogP contribution in [0.5, 0.6) is 0 Å². The Morgan fingerprint density at radius 3 is 2.19 bits per heavy atom. The molecule has 0 aliphatic rings. The van der Waals surface area contributed by atoms with E-state index in [1.165, 1.54) is 6.08 Å². The molecule has 0 rings (SSSR count). The molecular formula is C12H22FNOS. The van der Waals surface area contributed by atoms with E-state index in [9.17, 15) is 8.60 Å². The molecule has 0 spiro atoms. The zero-order valence-corrected chi connectivity index (χ0v) is 11.1. The van der Waals surface area contributed by atoms with Crippen molar-refractivity contribution in [2.45, 2.75) is 50.6 Å². The van der Waals surface area contributed by atoms with Gasteiger partial charge in [-0.3, -0.25) is 0 Å². The lowest BCUT2D eigenvalue weighted by atomic mass is 10.1. The van der Waals surface area contributed by atoms with Gasteiger partial charge in [0.15, 0.2) is 0 Å². The predicted molar refractivity (Wildman–Crippen MR) is 69.3 cm³/mol. The normalized spacial score (nSPS) is 17.5. The number of halogens is 1. The van der Waals surface area contributed by atoms with Crippen molar-refractivity contribution >= 4 is 11.0 Å². The highest BCUT2D eigenvalue weighted by molar-refractivity contribution is 7.84.